The second kappa shape index (κ2) is 14.5. The van der Waals surface area contributed by atoms with Gasteiger partial charge in [-0.1, -0.05) is 17.7 Å². The summed E-state index contributed by atoms with van der Waals surface area (Å²) < 4.78 is 0. The largest absolute Gasteiger partial charge is 0.371 e. The van der Waals surface area contributed by atoms with Gasteiger partial charge in [-0.2, -0.15) is 0 Å². The molecule has 7 heterocycles. The van der Waals surface area contributed by atoms with Crippen molar-refractivity contribution in [1.29, 1.82) is 0 Å². The maximum atomic E-state index is 13.3. The van der Waals surface area contributed by atoms with Gasteiger partial charge in [0.15, 0.2) is 0 Å². The Balaban J connectivity index is 0.725. The van der Waals surface area contributed by atoms with Crippen LogP contribution in [0.15, 0.2) is 48.8 Å². The van der Waals surface area contributed by atoms with Crippen molar-refractivity contribution in [2.24, 2.45) is 11.3 Å². The molecular formula is C42H46ClN9O4. The van der Waals surface area contributed by atoms with E-state index in [-0.39, 0.29) is 24.2 Å². The molecule has 1 aromatic heterocycles. The predicted octanol–water partition coefficient (Wildman–Crippen LogP) is 5.28. The van der Waals surface area contributed by atoms with Gasteiger partial charge in [0.25, 0.3) is 11.8 Å². The Bertz CT molecular complexity index is 2120. The molecule has 5 saturated heterocycles. The van der Waals surface area contributed by atoms with Crippen molar-refractivity contribution in [3.63, 3.8) is 0 Å². The van der Waals surface area contributed by atoms with Crippen LogP contribution in [0.5, 0.6) is 0 Å². The highest BCUT2D eigenvalue weighted by Crippen LogP contribution is 2.46. The molecule has 6 aliphatic heterocycles. The normalized spacial score (nSPS) is 24.4. The van der Waals surface area contributed by atoms with Crippen LogP contribution < -0.4 is 20.0 Å². The molecule has 2 atom stereocenters. The van der Waals surface area contributed by atoms with Gasteiger partial charge in [-0.3, -0.25) is 29.4 Å². The topological polar surface area (TPSA) is 127 Å². The molecule has 13 nitrogen and oxygen atoms in total. The number of carbonyl (C=O) groups is 4. The quantitative estimate of drug-likeness (QED) is 0.250. The number of nitrogens with zero attached hydrogens (tertiary/aromatic N) is 8. The number of hydrogen-bond acceptors (Lipinski definition) is 10. The van der Waals surface area contributed by atoms with Crippen LogP contribution in [0.25, 0.3) is 4.85 Å². The smallest absolute Gasteiger partial charge is 0.262 e. The van der Waals surface area contributed by atoms with E-state index in [2.05, 4.69) is 36.7 Å². The van der Waals surface area contributed by atoms with Crippen LogP contribution in [0.2, 0.25) is 5.02 Å². The fourth-order valence-corrected chi connectivity index (χ4v) is 10.3. The van der Waals surface area contributed by atoms with Crippen molar-refractivity contribution in [3.8, 4) is 0 Å². The van der Waals surface area contributed by atoms with E-state index in [1.54, 1.807) is 12.1 Å². The molecular weight excluding hydrogens is 730 g/mol. The van der Waals surface area contributed by atoms with Crippen LogP contribution in [0.3, 0.4) is 0 Å². The number of aromatic nitrogens is 2. The van der Waals surface area contributed by atoms with Gasteiger partial charge in [0.2, 0.25) is 23.5 Å². The minimum atomic E-state index is -0.958. The third-order valence-corrected chi connectivity index (χ3v) is 13.5. The summed E-state index contributed by atoms with van der Waals surface area (Å²) in [6.07, 6.45) is 9.85. The number of anilines is 3. The van der Waals surface area contributed by atoms with Crippen molar-refractivity contribution in [2.45, 2.75) is 69.9 Å². The van der Waals surface area contributed by atoms with Crippen molar-refractivity contribution >= 4 is 58.2 Å². The molecule has 1 N–H and O–H groups in total. The molecule has 2 aromatic carbocycles. The number of benzene rings is 2. The summed E-state index contributed by atoms with van der Waals surface area (Å²) in [5, 5.41) is 2.77. The number of nitrogens with one attached hydrogen (secondary N) is 1. The van der Waals surface area contributed by atoms with E-state index in [0.29, 0.717) is 39.7 Å². The summed E-state index contributed by atoms with van der Waals surface area (Å²) in [5.41, 5.74) is 4.62. The molecule has 6 aliphatic rings. The molecule has 290 valence electrons. The van der Waals surface area contributed by atoms with Crippen LogP contribution >= 0.6 is 11.6 Å². The van der Waals surface area contributed by atoms with E-state index in [0.717, 1.165) is 107 Å². The first-order valence-corrected chi connectivity index (χ1v) is 20.3. The standard InChI is InChI=1S/C42H46ClN9O4/c1-26-19-42(25-51(26)31-4-6-35(44-2)34(43)18-31)11-15-49(16-12-42)41-45-20-29(21-46-41)28-9-13-48(14-10-28)22-27-23-50(24-27)30-3-5-32-33(17-30)40(56)52(39(32)55)36-7-8-37(53)47-38(36)54/h3-6,17-18,20-21,26-28,36H,7-16,19,22-25H2,1H3,(H,47,53,54)/t26-,36?/m0/s1. The third-order valence-electron chi connectivity index (χ3n) is 13.2. The SMILES string of the molecule is [C-]#[N+]c1ccc(N2CC3(CCN(c4ncc(C5CCN(CC6CN(c7ccc8c(c7)C(=O)N(C7CCC(=O)NC7=O)C8=O)C6)CC5)cn4)CC3)C[C@@H]2C)cc1Cl. The fraction of sp³-hybridized carbons (Fsp3) is 0.500. The van der Waals surface area contributed by atoms with Crippen LogP contribution in [-0.2, 0) is 9.59 Å². The number of hydrogen-bond donors (Lipinski definition) is 1. The van der Waals surface area contributed by atoms with E-state index < -0.39 is 23.8 Å². The van der Waals surface area contributed by atoms with Gasteiger partial charge in [0.1, 0.15) is 6.04 Å². The number of rotatable bonds is 7. The second-order valence-corrected chi connectivity index (χ2v) is 17.2. The maximum absolute atomic E-state index is 13.3. The van der Waals surface area contributed by atoms with Gasteiger partial charge in [-0.15, -0.1) is 0 Å². The van der Waals surface area contributed by atoms with Gasteiger partial charge >= 0.3 is 0 Å². The molecule has 0 radical (unpaired) electrons. The minimum absolute atomic E-state index is 0.102. The van der Waals surface area contributed by atoms with E-state index in [4.69, 9.17) is 28.1 Å². The molecule has 1 spiro atoms. The highest BCUT2D eigenvalue weighted by Gasteiger charge is 2.46. The average molecular weight is 776 g/mol. The van der Waals surface area contributed by atoms with Gasteiger partial charge in [-0.25, -0.2) is 14.8 Å². The van der Waals surface area contributed by atoms with E-state index in [9.17, 15) is 19.2 Å². The summed E-state index contributed by atoms with van der Waals surface area (Å²) in [7, 11) is 0. The van der Waals surface area contributed by atoms with E-state index in [1.807, 2.05) is 36.7 Å². The van der Waals surface area contributed by atoms with Crippen molar-refractivity contribution in [2.75, 3.05) is 67.1 Å². The Hall–Kier alpha value is -5.06. The summed E-state index contributed by atoms with van der Waals surface area (Å²) in [4.78, 5) is 74.2. The Morgan fingerprint density at radius 3 is 2.30 bits per heavy atom. The number of likely N-dealkylation sites (tertiary alicyclic amines) is 1. The second-order valence-electron chi connectivity index (χ2n) is 16.8. The lowest BCUT2D eigenvalue weighted by Crippen LogP contribution is -2.54. The summed E-state index contributed by atoms with van der Waals surface area (Å²) in [6.45, 7) is 17.4. The highest BCUT2D eigenvalue weighted by molar-refractivity contribution is 6.33. The zero-order valence-electron chi connectivity index (χ0n) is 31.6. The molecule has 0 aliphatic carbocycles. The number of piperidine rings is 3. The number of carbonyl (C=O) groups excluding carboxylic acids is 4. The molecule has 0 bridgehead atoms. The number of halogens is 1. The van der Waals surface area contributed by atoms with Gasteiger partial charge in [-0.05, 0) is 106 Å². The Kier molecular flexibility index (Phi) is 9.45. The Labute approximate surface area is 331 Å². The highest BCUT2D eigenvalue weighted by atomic mass is 35.5. The van der Waals surface area contributed by atoms with Crippen LogP contribution in [0, 0.1) is 17.9 Å². The fourth-order valence-electron chi connectivity index (χ4n) is 10.0. The number of fused-ring (bicyclic) bond motifs is 1. The maximum Gasteiger partial charge on any atom is 0.262 e. The van der Waals surface area contributed by atoms with Crippen molar-refractivity contribution in [1.82, 2.24) is 25.1 Å². The van der Waals surface area contributed by atoms with Crippen LogP contribution in [0.4, 0.5) is 23.0 Å². The van der Waals surface area contributed by atoms with Crippen molar-refractivity contribution < 1.29 is 19.2 Å². The molecule has 5 fully saturated rings. The minimum Gasteiger partial charge on any atom is -0.371 e. The molecule has 9 rings (SSSR count). The molecule has 0 saturated carbocycles. The monoisotopic (exact) mass is 775 g/mol. The summed E-state index contributed by atoms with van der Waals surface area (Å²) >= 11 is 6.38. The third kappa shape index (κ3) is 6.66. The lowest BCUT2D eigenvalue weighted by Gasteiger charge is -2.44. The van der Waals surface area contributed by atoms with Crippen molar-refractivity contribution in [3.05, 3.63) is 81.9 Å². The summed E-state index contributed by atoms with van der Waals surface area (Å²) in [6, 6.07) is 10.6. The first-order valence-electron chi connectivity index (χ1n) is 19.9. The zero-order chi connectivity index (χ0) is 38.7. The zero-order valence-corrected chi connectivity index (χ0v) is 32.4. The van der Waals surface area contributed by atoms with E-state index in [1.165, 1.54) is 5.56 Å². The van der Waals surface area contributed by atoms with Crippen LogP contribution in [-0.4, -0.2) is 108 Å². The predicted molar refractivity (Wildman–Crippen MR) is 212 cm³/mol. The number of amides is 4. The molecule has 14 heteroatoms. The first-order chi connectivity index (χ1) is 27.1. The molecule has 56 heavy (non-hydrogen) atoms. The lowest BCUT2D eigenvalue weighted by molar-refractivity contribution is -0.136. The molecule has 3 aromatic rings. The Morgan fingerprint density at radius 2 is 1.61 bits per heavy atom. The summed E-state index contributed by atoms with van der Waals surface area (Å²) in [5.74, 6) is -0.125. The lowest BCUT2D eigenvalue weighted by atomic mass is 9.77. The molecule has 4 amide bonds. The van der Waals surface area contributed by atoms with E-state index >= 15 is 0 Å². The Morgan fingerprint density at radius 1 is 0.893 bits per heavy atom. The molecule has 1 unspecified atom stereocenters. The van der Waals surface area contributed by atoms with Gasteiger partial charge in [0.05, 0.1) is 17.7 Å². The van der Waals surface area contributed by atoms with Crippen LogP contribution in [0.1, 0.15) is 84.1 Å². The number of imide groups is 2. The average Bonchev–Trinajstić information content (AvgIpc) is 3.64. The van der Waals surface area contributed by atoms with Gasteiger partial charge in [0, 0.05) is 86.4 Å². The first kappa shape index (κ1) is 36.6. The van der Waals surface area contributed by atoms with Gasteiger partial charge < -0.3 is 19.6 Å².